The molecule has 1 aliphatic heterocycles. The molecule has 1 atom stereocenters. The highest BCUT2D eigenvalue weighted by atomic mass is 16.5. The summed E-state index contributed by atoms with van der Waals surface area (Å²) in [6.07, 6.45) is 3.59. The normalized spacial score (nSPS) is 15.2. The first-order chi connectivity index (χ1) is 18.9. The molecule has 39 heavy (non-hydrogen) atoms. The van der Waals surface area contributed by atoms with Gasteiger partial charge in [-0.3, -0.25) is 4.79 Å². The van der Waals surface area contributed by atoms with Gasteiger partial charge in [-0.05, 0) is 44.5 Å². The topological polar surface area (TPSA) is 132 Å². The Bertz CT molecular complexity index is 1460. The van der Waals surface area contributed by atoms with Crippen molar-refractivity contribution in [1.29, 1.82) is 0 Å². The van der Waals surface area contributed by atoms with Crippen molar-refractivity contribution in [2.75, 3.05) is 20.3 Å². The standard InChI is InChI=1S/C28H31N5O6/c1-5-33-15-19(20-9-7-8-10-21(20)33)14-29-32-24(34)16-39-22-12-11-18(13-23(22)37-4)26-25(27(35)38-6-2)17(3)30-28(36)31-26/h7-15,26H,5-6,16H2,1-4H3,(H,32,34)(H2,30,31,36)/b29-14+/t26-/m0/s1. The Morgan fingerprint density at radius 3 is 2.69 bits per heavy atom. The van der Waals surface area contributed by atoms with Gasteiger partial charge in [0.1, 0.15) is 0 Å². The number of urea groups is 1. The number of aromatic nitrogens is 1. The minimum atomic E-state index is -0.753. The van der Waals surface area contributed by atoms with Gasteiger partial charge in [-0.1, -0.05) is 24.3 Å². The van der Waals surface area contributed by atoms with Crippen molar-refractivity contribution in [3.05, 3.63) is 71.1 Å². The third kappa shape index (κ3) is 6.03. The van der Waals surface area contributed by atoms with Crippen molar-refractivity contribution in [3.63, 3.8) is 0 Å². The maximum atomic E-state index is 12.6. The molecule has 2 aromatic carbocycles. The van der Waals surface area contributed by atoms with E-state index < -0.39 is 23.9 Å². The molecule has 0 fully saturated rings. The molecular weight excluding hydrogens is 502 g/mol. The molecule has 3 N–H and O–H groups in total. The van der Waals surface area contributed by atoms with Gasteiger partial charge in [0.15, 0.2) is 18.1 Å². The van der Waals surface area contributed by atoms with E-state index in [-0.39, 0.29) is 18.8 Å². The van der Waals surface area contributed by atoms with Crippen molar-refractivity contribution in [2.24, 2.45) is 5.10 Å². The van der Waals surface area contributed by atoms with Gasteiger partial charge < -0.3 is 29.4 Å². The number of esters is 1. The molecule has 11 nitrogen and oxygen atoms in total. The van der Waals surface area contributed by atoms with Crippen molar-refractivity contribution < 1.29 is 28.6 Å². The van der Waals surface area contributed by atoms with Crippen LogP contribution in [0.2, 0.25) is 0 Å². The van der Waals surface area contributed by atoms with Crippen LogP contribution in [-0.2, 0) is 20.9 Å². The number of rotatable bonds is 10. The van der Waals surface area contributed by atoms with E-state index in [1.165, 1.54) is 7.11 Å². The third-order valence-corrected chi connectivity index (χ3v) is 6.20. The number of hydrogen-bond donors (Lipinski definition) is 3. The van der Waals surface area contributed by atoms with Crippen LogP contribution in [0.4, 0.5) is 4.79 Å². The number of hydrogen-bond acceptors (Lipinski definition) is 7. The van der Waals surface area contributed by atoms with Gasteiger partial charge in [-0.25, -0.2) is 15.0 Å². The number of para-hydroxylation sites is 1. The molecule has 1 aliphatic rings. The van der Waals surface area contributed by atoms with Crippen LogP contribution in [0.15, 0.2) is 65.0 Å². The number of benzene rings is 2. The Hall–Kier alpha value is -4.80. The molecule has 2 heterocycles. The fourth-order valence-electron chi connectivity index (χ4n) is 4.40. The monoisotopic (exact) mass is 533 g/mol. The number of amides is 3. The number of fused-ring (bicyclic) bond motifs is 1. The van der Waals surface area contributed by atoms with Gasteiger partial charge in [0.25, 0.3) is 5.91 Å². The molecular formula is C28H31N5O6. The van der Waals surface area contributed by atoms with E-state index in [2.05, 4.69) is 32.7 Å². The van der Waals surface area contributed by atoms with Gasteiger partial charge >= 0.3 is 12.0 Å². The largest absolute Gasteiger partial charge is 0.493 e. The highest BCUT2D eigenvalue weighted by Crippen LogP contribution is 2.34. The zero-order chi connectivity index (χ0) is 27.9. The highest BCUT2D eigenvalue weighted by Gasteiger charge is 2.32. The number of allylic oxidation sites excluding steroid dienone is 1. The molecule has 0 spiro atoms. The fourth-order valence-corrected chi connectivity index (χ4v) is 4.40. The third-order valence-electron chi connectivity index (χ3n) is 6.20. The SMILES string of the molecule is CCOC(=O)C1=C(C)NC(=O)N[C@H]1c1ccc(OCC(=O)N/N=C/c2cn(CC)c3ccccc23)c(OC)c1. The first-order valence-corrected chi connectivity index (χ1v) is 12.5. The zero-order valence-corrected chi connectivity index (χ0v) is 22.2. The number of hydrazone groups is 1. The van der Waals surface area contributed by atoms with Crippen LogP contribution in [0.3, 0.4) is 0 Å². The van der Waals surface area contributed by atoms with Crippen LogP contribution < -0.4 is 25.5 Å². The Morgan fingerprint density at radius 2 is 1.95 bits per heavy atom. The Labute approximate surface area is 225 Å². The van der Waals surface area contributed by atoms with Crippen LogP contribution in [0, 0.1) is 0 Å². The molecule has 0 bridgehead atoms. The molecule has 0 unspecified atom stereocenters. The predicted octanol–water partition coefficient (Wildman–Crippen LogP) is 3.39. The van der Waals surface area contributed by atoms with E-state index in [4.69, 9.17) is 14.2 Å². The maximum Gasteiger partial charge on any atom is 0.338 e. The van der Waals surface area contributed by atoms with Crippen LogP contribution in [-0.4, -0.2) is 49.0 Å². The van der Waals surface area contributed by atoms with Gasteiger partial charge in [0, 0.05) is 34.9 Å². The predicted molar refractivity (Wildman–Crippen MR) is 146 cm³/mol. The number of nitrogens with one attached hydrogen (secondary N) is 3. The smallest absolute Gasteiger partial charge is 0.338 e. The van der Waals surface area contributed by atoms with E-state index >= 15 is 0 Å². The quantitative estimate of drug-likeness (QED) is 0.208. The molecule has 0 aliphatic carbocycles. The van der Waals surface area contributed by atoms with E-state index in [1.807, 2.05) is 30.5 Å². The average molecular weight is 534 g/mol. The summed E-state index contributed by atoms with van der Waals surface area (Å²) in [5, 5.41) is 10.5. The van der Waals surface area contributed by atoms with Crippen LogP contribution >= 0.6 is 0 Å². The first kappa shape index (κ1) is 27.2. The number of methoxy groups -OCH3 is 1. The Kier molecular flexibility index (Phi) is 8.50. The zero-order valence-electron chi connectivity index (χ0n) is 22.2. The average Bonchev–Trinajstić information content (AvgIpc) is 3.29. The van der Waals surface area contributed by atoms with Crippen LogP contribution in [0.5, 0.6) is 11.5 Å². The maximum absolute atomic E-state index is 12.6. The lowest BCUT2D eigenvalue weighted by Crippen LogP contribution is -2.45. The molecule has 4 rings (SSSR count). The summed E-state index contributed by atoms with van der Waals surface area (Å²) >= 11 is 0. The summed E-state index contributed by atoms with van der Waals surface area (Å²) in [6.45, 7) is 6.11. The van der Waals surface area contributed by atoms with Gasteiger partial charge in [0.2, 0.25) is 0 Å². The van der Waals surface area contributed by atoms with Crippen molar-refractivity contribution in [1.82, 2.24) is 20.6 Å². The second kappa shape index (κ2) is 12.2. The number of ether oxygens (including phenoxy) is 3. The summed E-state index contributed by atoms with van der Waals surface area (Å²) in [4.78, 5) is 37.1. The number of nitrogens with zero attached hydrogens (tertiary/aromatic N) is 2. The highest BCUT2D eigenvalue weighted by molar-refractivity contribution is 5.99. The summed E-state index contributed by atoms with van der Waals surface area (Å²) in [6, 6.07) is 11.7. The molecule has 11 heteroatoms. The van der Waals surface area contributed by atoms with E-state index in [0.717, 1.165) is 23.0 Å². The molecule has 0 saturated carbocycles. The minimum Gasteiger partial charge on any atom is -0.493 e. The Morgan fingerprint density at radius 1 is 1.15 bits per heavy atom. The lowest BCUT2D eigenvalue weighted by molar-refractivity contribution is -0.139. The number of aryl methyl sites for hydroxylation is 1. The molecule has 3 aromatic rings. The van der Waals surface area contributed by atoms with Gasteiger partial charge in [-0.2, -0.15) is 5.10 Å². The molecule has 1 aromatic heterocycles. The Balaban J connectivity index is 1.43. The molecule has 0 saturated heterocycles. The van der Waals surface area contributed by atoms with Crippen molar-refractivity contribution >= 4 is 35.0 Å². The second-order valence-electron chi connectivity index (χ2n) is 8.67. The summed E-state index contributed by atoms with van der Waals surface area (Å²) in [5.41, 5.74) is 5.73. The first-order valence-electron chi connectivity index (χ1n) is 12.5. The van der Waals surface area contributed by atoms with Crippen LogP contribution in [0.25, 0.3) is 10.9 Å². The number of carbonyl (C=O) groups is 3. The van der Waals surface area contributed by atoms with Crippen molar-refractivity contribution in [3.8, 4) is 11.5 Å². The lowest BCUT2D eigenvalue weighted by Gasteiger charge is -2.28. The fraction of sp³-hybridized carbons (Fsp3) is 0.286. The van der Waals surface area contributed by atoms with Crippen LogP contribution in [0.1, 0.15) is 37.9 Å². The minimum absolute atomic E-state index is 0.195. The summed E-state index contributed by atoms with van der Waals surface area (Å²) in [7, 11) is 1.46. The molecule has 3 amide bonds. The summed E-state index contributed by atoms with van der Waals surface area (Å²) < 4.78 is 18.4. The van der Waals surface area contributed by atoms with E-state index in [9.17, 15) is 14.4 Å². The van der Waals surface area contributed by atoms with Gasteiger partial charge in [0.05, 0.1) is 31.5 Å². The van der Waals surface area contributed by atoms with Gasteiger partial charge in [-0.15, -0.1) is 0 Å². The molecule has 0 radical (unpaired) electrons. The van der Waals surface area contributed by atoms with Crippen molar-refractivity contribution in [2.45, 2.75) is 33.4 Å². The second-order valence-corrected chi connectivity index (χ2v) is 8.67. The lowest BCUT2D eigenvalue weighted by atomic mass is 9.95. The molecule has 204 valence electrons. The van der Waals surface area contributed by atoms with E-state index in [0.29, 0.717) is 22.8 Å². The number of carbonyl (C=O) groups excluding carboxylic acids is 3. The summed E-state index contributed by atoms with van der Waals surface area (Å²) in [5.74, 6) is -0.358. The van der Waals surface area contributed by atoms with E-state index in [1.54, 1.807) is 38.3 Å².